The molecule has 0 fully saturated rings. The van der Waals surface area contributed by atoms with E-state index in [0.29, 0.717) is 23.0 Å². The van der Waals surface area contributed by atoms with Crippen molar-refractivity contribution in [3.63, 3.8) is 0 Å². The van der Waals surface area contributed by atoms with E-state index in [4.69, 9.17) is 15.0 Å². The second-order valence-electron chi connectivity index (χ2n) is 15.0. The first-order chi connectivity index (χ1) is 29.7. The molecule has 11 aromatic rings. The molecule has 0 aliphatic heterocycles. The summed E-state index contributed by atoms with van der Waals surface area (Å²) < 4.78 is 0. The number of hydrogen-bond acceptors (Lipinski definition) is 4. The average Bonchev–Trinajstić information content (AvgIpc) is 3.33. The molecule has 0 bridgehead atoms. The van der Waals surface area contributed by atoms with Gasteiger partial charge in [0, 0.05) is 16.7 Å². The third-order valence-corrected chi connectivity index (χ3v) is 11.6. The standard InChI is InChI=1S/C56H34N4/c57-35-36-24-26-39(27-25-36)54-58-55(40-30-28-38(29-31-40)43-23-11-13-37-12-1-2-14-42(37)43)60-56(59-54)41-32-33-52-50-21-8-7-19-48(50)46-17-4-3-15-44(46)45-16-5-6-18-47(45)49-20-9-10-22-51(49)53(52)34-41/h1-34H. The number of nitrogens with zero attached hydrogens (tertiary/aromatic N) is 4. The fourth-order valence-corrected chi connectivity index (χ4v) is 8.69. The molecule has 0 aliphatic rings. The summed E-state index contributed by atoms with van der Waals surface area (Å²) in [5.74, 6) is 1.67. The lowest BCUT2D eigenvalue weighted by atomic mass is 9.94. The molecule has 1 heterocycles. The zero-order valence-corrected chi connectivity index (χ0v) is 32.4. The average molecular weight is 763 g/mol. The lowest BCUT2D eigenvalue weighted by molar-refractivity contribution is 1.07. The quantitative estimate of drug-likeness (QED) is 0.179. The van der Waals surface area contributed by atoms with E-state index < -0.39 is 0 Å². The van der Waals surface area contributed by atoms with Crippen LogP contribution in [0.2, 0.25) is 0 Å². The van der Waals surface area contributed by atoms with Crippen LogP contribution in [0.25, 0.3) is 110 Å². The molecule has 0 atom stereocenters. The van der Waals surface area contributed by atoms with Gasteiger partial charge in [0.2, 0.25) is 0 Å². The Morgan fingerprint density at radius 3 is 1.12 bits per heavy atom. The van der Waals surface area contributed by atoms with Gasteiger partial charge in [-0.25, -0.2) is 15.0 Å². The van der Waals surface area contributed by atoms with Crippen molar-refractivity contribution in [3.8, 4) is 51.4 Å². The van der Waals surface area contributed by atoms with Crippen molar-refractivity contribution in [2.24, 2.45) is 0 Å². The number of rotatable bonds is 4. The highest BCUT2D eigenvalue weighted by Crippen LogP contribution is 2.38. The van der Waals surface area contributed by atoms with Crippen molar-refractivity contribution in [1.82, 2.24) is 15.0 Å². The van der Waals surface area contributed by atoms with E-state index in [1.807, 2.05) is 12.1 Å². The smallest absolute Gasteiger partial charge is 0.164 e. The summed E-state index contributed by atoms with van der Waals surface area (Å²) in [7, 11) is 0. The molecule has 0 radical (unpaired) electrons. The summed E-state index contributed by atoms with van der Waals surface area (Å²) in [4.78, 5) is 15.4. The molecule has 60 heavy (non-hydrogen) atoms. The largest absolute Gasteiger partial charge is 0.208 e. The van der Waals surface area contributed by atoms with Gasteiger partial charge in [-0.05, 0) is 106 Å². The topological polar surface area (TPSA) is 62.5 Å². The summed E-state index contributed by atoms with van der Waals surface area (Å²) in [5.41, 5.74) is 5.43. The summed E-state index contributed by atoms with van der Waals surface area (Å²) in [6.45, 7) is 0. The lowest BCUT2D eigenvalue weighted by Crippen LogP contribution is -2.00. The van der Waals surface area contributed by atoms with E-state index in [9.17, 15) is 5.26 Å². The van der Waals surface area contributed by atoms with Gasteiger partial charge >= 0.3 is 0 Å². The highest BCUT2D eigenvalue weighted by Gasteiger charge is 2.15. The van der Waals surface area contributed by atoms with Crippen molar-refractivity contribution >= 4 is 64.6 Å². The monoisotopic (exact) mass is 762 g/mol. The highest BCUT2D eigenvalue weighted by atomic mass is 15.0. The molecule has 0 unspecified atom stereocenters. The van der Waals surface area contributed by atoms with Crippen LogP contribution in [-0.2, 0) is 0 Å². The van der Waals surface area contributed by atoms with Crippen LogP contribution in [0, 0.1) is 11.3 Å². The van der Waals surface area contributed by atoms with Gasteiger partial charge in [0.1, 0.15) is 0 Å². The molecule has 11 rings (SSSR count). The van der Waals surface area contributed by atoms with E-state index >= 15 is 0 Å². The molecule has 10 aromatic carbocycles. The third kappa shape index (κ3) is 6.05. The number of nitriles is 1. The second-order valence-corrected chi connectivity index (χ2v) is 15.0. The van der Waals surface area contributed by atoms with E-state index in [-0.39, 0.29) is 0 Å². The van der Waals surface area contributed by atoms with Crippen LogP contribution in [0.15, 0.2) is 206 Å². The molecule has 0 saturated carbocycles. The van der Waals surface area contributed by atoms with Gasteiger partial charge in [-0.2, -0.15) is 5.26 Å². The zero-order chi connectivity index (χ0) is 40.0. The molecular weight excluding hydrogens is 729 g/mol. The molecule has 0 spiro atoms. The van der Waals surface area contributed by atoms with Gasteiger partial charge < -0.3 is 0 Å². The van der Waals surface area contributed by atoms with Crippen LogP contribution in [0.3, 0.4) is 0 Å². The van der Waals surface area contributed by atoms with Crippen LogP contribution < -0.4 is 0 Å². The first-order valence-corrected chi connectivity index (χ1v) is 20.1. The fourth-order valence-electron chi connectivity index (χ4n) is 8.69. The first kappa shape index (κ1) is 34.9. The molecule has 4 nitrogen and oxygen atoms in total. The van der Waals surface area contributed by atoms with E-state index in [0.717, 1.165) is 49.2 Å². The number of benzene rings is 9. The second kappa shape index (κ2) is 14.6. The van der Waals surface area contributed by atoms with Crippen molar-refractivity contribution in [1.29, 1.82) is 5.26 Å². The van der Waals surface area contributed by atoms with Crippen LogP contribution >= 0.6 is 0 Å². The van der Waals surface area contributed by atoms with Gasteiger partial charge in [-0.3, -0.25) is 0 Å². The highest BCUT2D eigenvalue weighted by molar-refractivity contribution is 6.26. The van der Waals surface area contributed by atoms with E-state index in [2.05, 4.69) is 188 Å². The Labute approximate surface area is 346 Å². The predicted octanol–water partition coefficient (Wildman–Crippen LogP) is 14.5. The Morgan fingerprint density at radius 1 is 0.283 bits per heavy atom. The fraction of sp³-hybridized carbons (Fsp3) is 0. The van der Waals surface area contributed by atoms with Crippen LogP contribution in [0.4, 0.5) is 0 Å². The van der Waals surface area contributed by atoms with Crippen LogP contribution in [-0.4, -0.2) is 15.0 Å². The van der Waals surface area contributed by atoms with Gasteiger partial charge in [-0.1, -0.05) is 176 Å². The first-order valence-electron chi connectivity index (χ1n) is 20.1. The third-order valence-electron chi connectivity index (χ3n) is 11.6. The number of hydrogen-bond donors (Lipinski definition) is 0. The maximum atomic E-state index is 9.56. The predicted molar refractivity (Wildman–Crippen MR) is 249 cm³/mol. The SMILES string of the molecule is N#Cc1ccc(-c2nc(-c3ccc(-c4cccc5ccccc45)cc3)nc(-c3ccc4c5ccccc5c5ccccc5c5ccccc5c5ccccc5c4c3)n2)cc1. The van der Waals surface area contributed by atoms with Crippen LogP contribution in [0.5, 0.6) is 0 Å². The Morgan fingerprint density at radius 2 is 0.633 bits per heavy atom. The minimum Gasteiger partial charge on any atom is -0.208 e. The minimum atomic E-state index is 0.536. The summed E-state index contributed by atoms with van der Waals surface area (Å²) in [6, 6.07) is 74.5. The van der Waals surface area contributed by atoms with Gasteiger partial charge in [0.05, 0.1) is 11.6 Å². The Kier molecular flexibility index (Phi) is 8.50. The molecule has 0 amide bonds. The van der Waals surface area contributed by atoms with Gasteiger partial charge in [0.15, 0.2) is 17.5 Å². The van der Waals surface area contributed by atoms with Crippen molar-refractivity contribution < 1.29 is 0 Å². The van der Waals surface area contributed by atoms with Crippen molar-refractivity contribution in [2.75, 3.05) is 0 Å². The minimum absolute atomic E-state index is 0.536. The lowest BCUT2D eigenvalue weighted by Gasteiger charge is -2.12. The van der Waals surface area contributed by atoms with E-state index in [1.165, 1.54) is 43.3 Å². The number of aromatic nitrogens is 3. The maximum Gasteiger partial charge on any atom is 0.164 e. The van der Waals surface area contributed by atoms with Crippen LogP contribution in [0.1, 0.15) is 5.56 Å². The molecule has 0 N–H and O–H groups in total. The molecule has 0 saturated heterocycles. The maximum absolute atomic E-state index is 9.56. The number of fused-ring (bicyclic) bond motifs is 11. The molecule has 4 heteroatoms. The molecule has 1 aromatic heterocycles. The Bertz CT molecular complexity index is 3520. The molecular formula is C56H34N4. The molecule has 278 valence electrons. The van der Waals surface area contributed by atoms with E-state index in [1.54, 1.807) is 12.1 Å². The van der Waals surface area contributed by atoms with Crippen molar-refractivity contribution in [3.05, 3.63) is 212 Å². The molecule has 0 aliphatic carbocycles. The van der Waals surface area contributed by atoms with Crippen molar-refractivity contribution in [2.45, 2.75) is 0 Å². The summed E-state index contributed by atoms with van der Waals surface area (Å²) in [5, 5.41) is 23.6. The summed E-state index contributed by atoms with van der Waals surface area (Å²) >= 11 is 0. The normalized spacial score (nSPS) is 11.3. The Hall–Kier alpha value is -8.26. The zero-order valence-electron chi connectivity index (χ0n) is 32.4. The van der Waals surface area contributed by atoms with Gasteiger partial charge in [0.25, 0.3) is 0 Å². The van der Waals surface area contributed by atoms with Gasteiger partial charge in [-0.15, -0.1) is 0 Å². The summed E-state index contributed by atoms with van der Waals surface area (Å²) in [6.07, 6.45) is 0. The Balaban J connectivity index is 1.17.